The third-order valence-electron chi connectivity index (χ3n) is 5.75. The first-order valence-corrected chi connectivity index (χ1v) is 9.60. The largest absolute Gasteiger partial charge is 0.334 e. The summed E-state index contributed by atoms with van der Waals surface area (Å²) in [5.74, 6) is -0.328. The van der Waals surface area contributed by atoms with E-state index in [1.165, 1.54) is 12.5 Å². The molecule has 27 heavy (non-hydrogen) atoms. The summed E-state index contributed by atoms with van der Waals surface area (Å²) in [4.78, 5) is 18.5. The van der Waals surface area contributed by atoms with E-state index in [1.807, 2.05) is 11.0 Å². The number of carbonyl (C=O) groups is 1. The molecule has 1 aliphatic heterocycles. The molecule has 6 heteroatoms. The third-order valence-corrected chi connectivity index (χ3v) is 5.75. The highest BCUT2D eigenvalue weighted by Gasteiger charge is 2.36. The van der Waals surface area contributed by atoms with Gasteiger partial charge in [-0.2, -0.15) is 0 Å². The summed E-state index contributed by atoms with van der Waals surface area (Å²) in [7, 11) is 0. The highest BCUT2D eigenvalue weighted by Crippen LogP contribution is 2.40. The Kier molecular flexibility index (Phi) is 4.97. The number of halogens is 1. The van der Waals surface area contributed by atoms with Crippen molar-refractivity contribution in [3.05, 3.63) is 60.5 Å². The molecule has 2 aliphatic rings. The van der Waals surface area contributed by atoms with Gasteiger partial charge in [0.25, 0.3) is 0 Å². The van der Waals surface area contributed by atoms with Crippen molar-refractivity contribution in [3.63, 3.8) is 0 Å². The molecule has 0 bridgehead atoms. The molecule has 1 N–H and O–H groups in total. The molecule has 0 unspecified atom stereocenters. The zero-order valence-electron chi connectivity index (χ0n) is 15.4. The summed E-state index contributed by atoms with van der Waals surface area (Å²) in [5, 5.41) is 2.96. The number of urea groups is 1. The van der Waals surface area contributed by atoms with Gasteiger partial charge in [0.2, 0.25) is 0 Å². The Hall–Kier alpha value is -2.63. The van der Waals surface area contributed by atoms with Crippen LogP contribution >= 0.6 is 0 Å². The van der Waals surface area contributed by atoms with Crippen LogP contribution in [0, 0.1) is 11.2 Å². The zero-order chi connectivity index (χ0) is 18.7. The summed E-state index contributed by atoms with van der Waals surface area (Å²) in [6, 6.07) is 4.97. The van der Waals surface area contributed by atoms with E-state index in [1.54, 1.807) is 29.4 Å². The SMILES string of the molecule is O=C(NCc1ccc(-n2ccnc2)c(F)c1)N1CCC[C@]2(CC=CCC2)C1. The number of piperidine rings is 1. The monoisotopic (exact) mass is 368 g/mol. The van der Waals surface area contributed by atoms with Gasteiger partial charge in [0.15, 0.2) is 0 Å². The van der Waals surface area contributed by atoms with E-state index < -0.39 is 0 Å². The molecule has 2 amide bonds. The van der Waals surface area contributed by atoms with Crippen LogP contribution in [0.4, 0.5) is 9.18 Å². The Morgan fingerprint density at radius 2 is 2.22 bits per heavy atom. The molecular weight excluding hydrogens is 343 g/mol. The number of likely N-dealkylation sites (tertiary alicyclic amines) is 1. The first-order chi connectivity index (χ1) is 13.2. The van der Waals surface area contributed by atoms with Gasteiger partial charge >= 0.3 is 6.03 Å². The quantitative estimate of drug-likeness (QED) is 0.831. The van der Waals surface area contributed by atoms with Crippen molar-refractivity contribution >= 4 is 6.03 Å². The van der Waals surface area contributed by atoms with E-state index in [0.717, 1.165) is 44.3 Å². The predicted octanol–water partition coefficient (Wildman–Crippen LogP) is 4.04. The molecule has 1 aromatic carbocycles. The minimum absolute atomic E-state index is 0.0530. The van der Waals surface area contributed by atoms with Gasteiger partial charge in [0, 0.05) is 32.0 Å². The second-order valence-electron chi connectivity index (χ2n) is 7.65. The maximum atomic E-state index is 14.4. The van der Waals surface area contributed by atoms with Gasteiger partial charge in [-0.05, 0) is 55.2 Å². The molecule has 1 aromatic heterocycles. The highest BCUT2D eigenvalue weighted by molar-refractivity contribution is 5.74. The van der Waals surface area contributed by atoms with Crippen LogP contribution in [0.1, 0.15) is 37.7 Å². The molecule has 1 spiro atoms. The fourth-order valence-electron chi connectivity index (χ4n) is 4.26. The molecule has 5 nitrogen and oxygen atoms in total. The summed E-state index contributed by atoms with van der Waals surface area (Å²) in [5.41, 5.74) is 1.45. The lowest BCUT2D eigenvalue weighted by molar-refractivity contribution is 0.0958. The molecule has 2 aromatic rings. The standard InChI is InChI=1S/C21H25FN4O/c22-18-13-17(5-6-19(18)26-12-10-23-16-26)14-24-20(27)25-11-4-9-21(15-25)7-2-1-3-8-21/h1-2,5-6,10,12-13,16H,3-4,7-9,11,14-15H2,(H,24,27)/t21-/m1/s1. The molecule has 2 heterocycles. The van der Waals surface area contributed by atoms with Gasteiger partial charge in [-0.1, -0.05) is 18.2 Å². The number of hydrogen-bond acceptors (Lipinski definition) is 2. The number of hydrogen-bond donors (Lipinski definition) is 1. The third kappa shape index (κ3) is 3.89. The minimum Gasteiger partial charge on any atom is -0.334 e. The Balaban J connectivity index is 1.36. The molecule has 1 aliphatic carbocycles. The number of carbonyl (C=O) groups excluding carboxylic acids is 1. The Labute approximate surface area is 158 Å². The molecule has 0 saturated carbocycles. The fourth-order valence-corrected chi connectivity index (χ4v) is 4.26. The molecule has 0 radical (unpaired) electrons. The lowest BCUT2D eigenvalue weighted by atomic mass is 9.71. The number of nitrogens with zero attached hydrogens (tertiary/aromatic N) is 3. The normalized spacial score (nSPS) is 22.2. The van der Waals surface area contributed by atoms with E-state index in [0.29, 0.717) is 12.2 Å². The van der Waals surface area contributed by atoms with Crippen molar-refractivity contribution < 1.29 is 9.18 Å². The van der Waals surface area contributed by atoms with Crippen molar-refractivity contribution in [2.75, 3.05) is 13.1 Å². The van der Waals surface area contributed by atoms with E-state index in [-0.39, 0.29) is 17.3 Å². The Bertz CT molecular complexity index is 833. The van der Waals surface area contributed by atoms with E-state index in [9.17, 15) is 9.18 Å². The number of allylic oxidation sites excluding steroid dienone is 2. The minimum atomic E-state index is -0.328. The summed E-state index contributed by atoms with van der Waals surface area (Å²) >= 11 is 0. The van der Waals surface area contributed by atoms with Crippen LogP contribution in [-0.4, -0.2) is 33.6 Å². The average Bonchev–Trinajstić information content (AvgIpc) is 3.21. The molecule has 4 rings (SSSR count). The first kappa shape index (κ1) is 17.8. The molecule has 1 fully saturated rings. The second-order valence-corrected chi connectivity index (χ2v) is 7.65. The van der Waals surface area contributed by atoms with E-state index in [2.05, 4.69) is 22.5 Å². The first-order valence-electron chi connectivity index (χ1n) is 9.60. The number of rotatable bonds is 3. The summed E-state index contributed by atoms with van der Waals surface area (Å²) < 4.78 is 16.0. The van der Waals surface area contributed by atoms with Crippen LogP contribution in [0.15, 0.2) is 49.1 Å². The van der Waals surface area contributed by atoms with E-state index in [4.69, 9.17) is 0 Å². The maximum Gasteiger partial charge on any atom is 0.317 e. The molecule has 142 valence electrons. The number of imidazole rings is 1. The second kappa shape index (κ2) is 7.55. The predicted molar refractivity (Wildman–Crippen MR) is 102 cm³/mol. The number of aromatic nitrogens is 2. The number of amides is 2. The topological polar surface area (TPSA) is 50.2 Å². The lowest BCUT2D eigenvalue weighted by Gasteiger charge is -2.43. The Morgan fingerprint density at radius 3 is 2.96 bits per heavy atom. The van der Waals surface area contributed by atoms with Crippen LogP contribution < -0.4 is 5.32 Å². The number of nitrogens with one attached hydrogen (secondary N) is 1. The summed E-state index contributed by atoms with van der Waals surface area (Å²) in [6.07, 6.45) is 15.0. The van der Waals surface area contributed by atoms with Crippen molar-refractivity contribution in [2.24, 2.45) is 5.41 Å². The van der Waals surface area contributed by atoms with Crippen LogP contribution in [0.3, 0.4) is 0 Å². The Morgan fingerprint density at radius 1 is 1.30 bits per heavy atom. The molecule has 1 saturated heterocycles. The van der Waals surface area contributed by atoms with Gasteiger partial charge in [-0.3, -0.25) is 0 Å². The average molecular weight is 368 g/mol. The fraction of sp³-hybridized carbons (Fsp3) is 0.429. The van der Waals surface area contributed by atoms with Gasteiger partial charge in [-0.15, -0.1) is 0 Å². The smallest absolute Gasteiger partial charge is 0.317 e. The number of benzene rings is 1. The van der Waals surface area contributed by atoms with Crippen molar-refractivity contribution in [3.8, 4) is 5.69 Å². The lowest BCUT2D eigenvalue weighted by Crippen LogP contribution is -2.49. The van der Waals surface area contributed by atoms with Crippen LogP contribution in [0.5, 0.6) is 0 Å². The van der Waals surface area contributed by atoms with Crippen LogP contribution in [-0.2, 0) is 6.54 Å². The highest BCUT2D eigenvalue weighted by atomic mass is 19.1. The maximum absolute atomic E-state index is 14.4. The molecule has 1 atom stereocenters. The van der Waals surface area contributed by atoms with Gasteiger partial charge in [0.05, 0.1) is 12.0 Å². The van der Waals surface area contributed by atoms with Crippen molar-refractivity contribution in [1.82, 2.24) is 19.8 Å². The van der Waals surface area contributed by atoms with Gasteiger partial charge < -0.3 is 14.8 Å². The molecular formula is C21H25FN4O. The van der Waals surface area contributed by atoms with Gasteiger partial charge in [-0.25, -0.2) is 14.2 Å². The summed E-state index contributed by atoms with van der Waals surface area (Å²) in [6.45, 7) is 1.94. The van der Waals surface area contributed by atoms with Crippen molar-refractivity contribution in [1.29, 1.82) is 0 Å². The zero-order valence-corrected chi connectivity index (χ0v) is 15.4. The van der Waals surface area contributed by atoms with Crippen molar-refractivity contribution in [2.45, 2.75) is 38.6 Å². The van der Waals surface area contributed by atoms with Crippen LogP contribution in [0.2, 0.25) is 0 Å². The van der Waals surface area contributed by atoms with Crippen LogP contribution in [0.25, 0.3) is 5.69 Å². The van der Waals surface area contributed by atoms with Gasteiger partial charge in [0.1, 0.15) is 5.82 Å². The van der Waals surface area contributed by atoms with E-state index >= 15 is 0 Å².